The van der Waals surface area contributed by atoms with Crippen LogP contribution < -0.4 is 10.2 Å². The lowest BCUT2D eigenvalue weighted by Gasteiger charge is -2.34. The van der Waals surface area contributed by atoms with Crippen molar-refractivity contribution in [3.05, 3.63) is 18.5 Å². The van der Waals surface area contributed by atoms with Crippen molar-refractivity contribution in [2.24, 2.45) is 0 Å². The normalized spacial score (nSPS) is 19.8. The summed E-state index contributed by atoms with van der Waals surface area (Å²) >= 11 is 0. The molecular weight excluding hydrogens is 273 g/mol. The first-order valence-corrected chi connectivity index (χ1v) is 6.35. The molecule has 1 amide bonds. The second-order valence-electron chi connectivity index (χ2n) is 4.59. The number of rotatable bonds is 3. The maximum Gasteiger partial charge on any atom is 0.405 e. The Hall–Kier alpha value is -1.86. The van der Waals surface area contributed by atoms with Crippen LogP contribution in [-0.2, 0) is 4.79 Å². The van der Waals surface area contributed by atoms with E-state index in [1.54, 1.807) is 23.4 Å². The Morgan fingerprint density at radius 2 is 2.05 bits per heavy atom. The summed E-state index contributed by atoms with van der Waals surface area (Å²) in [7, 11) is 0. The number of halogens is 3. The molecule has 1 aromatic heterocycles. The van der Waals surface area contributed by atoms with E-state index in [9.17, 15) is 18.0 Å². The van der Waals surface area contributed by atoms with Crippen molar-refractivity contribution >= 4 is 11.9 Å². The minimum absolute atomic E-state index is 0.374. The van der Waals surface area contributed by atoms with Crippen LogP contribution in [0.4, 0.5) is 19.1 Å². The SMILES string of the molecule is O=C(NCC(F)(F)F)C1CCCCN1c1ncccn1. The summed E-state index contributed by atoms with van der Waals surface area (Å²) in [6.45, 7) is -0.750. The van der Waals surface area contributed by atoms with Crippen LogP contribution in [0.1, 0.15) is 19.3 Å². The Bertz CT molecular complexity index is 452. The van der Waals surface area contributed by atoms with Crippen molar-refractivity contribution < 1.29 is 18.0 Å². The van der Waals surface area contributed by atoms with Crippen LogP contribution in [0.3, 0.4) is 0 Å². The van der Waals surface area contributed by atoms with Crippen molar-refractivity contribution in [3.63, 3.8) is 0 Å². The molecule has 1 aliphatic heterocycles. The van der Waals surface area contributed by atoms with Gasteiger partial charge in [-0.15, -0.1) is 0 Å². The number of anilines is 1. The largest absolute Gasteiger partial charge is 0.405 e. The Kier molecular flexibility index (Phi) is 4.41. The van der Waals surface area contributed by atoms with E-state index in [4.69, 9.17) is 0 Å². The summed E-state index contributed by atoms with van der Waals surface area (Å²) in [5.41, 5.74) is 0. The van der Waals surface area contributed by atoms with Gasteiger partial charge in [0.1, 0.15) is 12.6 Å². The van der Waals surface area contributed by atoms with Crippen LogP contribution in [0, 0.1) is 0 Å². The monoisotopic (exact) mass is 288 g/mol. The topological polar surface area (TPSA) is 58.1 Å². The van der Waals surface area contributed by atoms with Gasteiger partial charge in [0.15, 0.2) is 0 Å². The summed E-state index contributed by atoms with van der Waals surface area (Å²) < 4.78 is 36.5. The molecule has 0 aliphatic carbocycles. The van der Waals surface area contributed by atoms with E-state index in [0.717, 1.165) is 12.8 Å². The molecule has 0 spiro atoms. The van der Waals surface area contributed by atoms with E-state index in [-0.39, 0.29) is 0 Å². The van der Waals surface area contributed by atoms with Crippen LogP contribution in [0.5, 0.6) is 0 Å². The van der Waals surface area contributed by atoms with Gasteiger partial charge in [0.2, 0.25) is 11.9 Å². The highest BCUT2D eigenvalue weighted by Gasteiger charge is 2.33. The van der Waals surface area contributed by atoms with E-state index >= 15 is 0 Å². The summed E-state index contributed by atoms with van der Waals surface area (Å²) in [6.07, 6.45) is 0.846. The summed E-state index contributed by atoms with van der Waals surface area (Å²) in [6, 6.07) is 1.00. The fraction of sp³-hybridized carbons (Fsp3) is 0.583. The molecule has 1 aliphatic rings. The zero-order valence-corrected chi connectivity index (χ0v) is 10.7. The van der Waals surface area contributed by atoms with E-state index in [0.29, 0.717) is 18.9 Å². The van der Waals surface area contributed by atoms with Gasteiger partial charge >= 0.3 is 6.18 Å². The first kappa shape index (κ1) is 14.5. The Balaban J connectivity index is 2.05. The summed E-state index contributed by atoms with van der Waals surface area (Å²) in [5, 5.41) is 1.93. The molecule has 2 heterocycles. The maximum atomic E-state index is 12.2. The second kappa shape index (κ2) is 6.06. The number of hydrogen-bond donors (Lipinski definition) is 1. The zero-order chi connectivity index (χ0) is 14.6. The predicted molar refractivity (Wildman–Crippen MR) is 66.1 cm³/mol. The Morgan fingerprint density at radius 1 is 1.35 bits per heavy atom. The average Bonchev–Trinajstić information content (AvgIpc) is 2.45. The molecule has 20 heavy (non-hydrogen) atoms. The number of carbonyl (C=O) groups is 1. The smallest absolute Gasteiger partial charge is 0.345 e. The van der Waals surface area contributed by atoms with Crippen LogP contribution in [0.15, 0.2) is 18.5 Å². The van der Waals surface area contributed by atoms with E-state index in [2.05, 4.69) is 9.97 Å². The van der Waals surface area contributed by atoms with Crippen LogP contribution in [0.25, 0.3) is 0 Å². The van der Waals surface area contributed by atoms with E-state index in [1.807, 2.05) is 5.32 Å². The molecule has 2 rings (SSSR count). The summed E-state index contributed by atoms with van der Waals surface area (Å²) in [5.74, 6) is -0.256. The van der Waals surface area contributed by atoms with Gasteiger partial charge in [-0.2, -0.15) is 13.2 Å². The highest BCUT2D eigenvalue weighted by Crippen LogP contribution is 2.22. The van der Waals surface area contributed by atoms with Crippen molar-refractivity contribution in [3.8, 4) is 0 Å². The van der Waals surface area contributed by atoms with Gasteiger partial charge in [0, 0.05) is 18.9 Å². The van der Waals surface area contributed by atoms with Gasteiger partial charge in [-0.3, -0.25) is 4.79 Å². The number of aromatic nitrogens is 2. The number of alkyl halides is 3. The lowest BCUT2D eigenvalue weighted by atomic mass is 10.0. The minimum Gasteiger partial charge on any atom is -0.345 e. The van der Waals surface area contributed by atoms with Gasteiger partial charge in [0.05, 0.1) is 0 Å². The number of hydrogen-bond acceptors (Lipinski definition) is 4. The molecule has 1 aromatic rings. The lowest BCUT2D eigenvalue weighted by Crippen LogP contribution is -2.51. The molecule has 8 heteroatoms. The quantitative estimate of drug-likeness (QED) is 0.916. The van der Waals surface area contributed by atoms with Crippen molar-refractivity contribution in [1.82, 2.24) is 15.3 Å². The van der Waals surface area contributed by atoms with Gasteiger partial charge < -0.3 is 10.2 Å². The van der Waals surface area contributed by atoms with E-state index in [1.165, 1.54) is 0 Å². The van der Waals surface area contributed by atoms with Gasteiger partial charge in [0.25, 0.3) is 0 Å². The molecule has 1 atom stereocenters. The fourth-order valence-corrected chi connectivity index (χ4v) is 2.19. The molecule has 1 N–H and O–H groups in total. The molecule has 1 fully saturated rings. The van der Waals surface area contributed by atoms with Crippen molar-refractivity contribution in [2.75, 3.05) is 18.0 Å². The van der Waals surface area contributed by atoms with E-state index < -0.39 is 24.7 Å². The molecular formula is C12H15F3N4O. The third-order valence-corrected chi connectivity index (χ3v) is 3.08. The number of nitrogens with zero attached hydrogens (tertiary/aromatic N) is 3. The molecule has 0 saturated carbocycles. The van der Waals surface area contributed by atoms with Crippen molar-refractivity contribution in [1.29, 1.82) is 0 Å². The highest BCUT2D eigenvalue weighted by atomic mass is 19.4. The third-order valence-electron chi connectivity index (χ3n) is 3.08. The number of amides is 1. The number of nitrogens with one attached hydrogen (secondary N) is 1. The number of piperidine rings is 1. The molecule has 0 radical (unpaired) electrons. The highest BCUT2D eigenvalue weighted by molar-refractivity contribution is 5.84. The molecule has 5 nitrogen and oxygen atoms in total. The van der Waals surface area contributed by atoms with Crippen LogP contribution in [-0.4, -0.2) is 41.2 Å². The minimum atomic E-state index is -4.40. The third kappa shape index (κ3) is 3.82. The Morgan fingerprint density at radius 3 is 2.70 bits per heavy atom. The molecule has 1 unspecified atom stereocenters. The molecule has 0 aromatic carbocycles. The predicted octanol–water partition coefficient (Wildman–Crippen LogP) is 1.51. The first-order chi connectivity index (χ1) is 9.47. The average molecular weight is 288 g/mol. The zero-order valence-electron chi connectivity index (χ0n) is 10.7. The second-order valence-corrected chi connectivity index (χ2v) is 4.59. The Labute approximate surface area is 114 Å². The maximum absolute atomic E-state index is 12.2. The van der Waals surface area contributed by atoms with Crippen LogP contribution >= 0.6 is 0 Å². The van der Waals surface area contributed by atoms with Gasteiger partial charge in [-0.05, 0) is 25.3 Å². The van der Waals surface area contributed by atoms with Crippen LogP contribution in [0.2, 0.25) is 0 Å². The van der Waals surface area contributed by atoms with Gasteiger partial charge in [-0.25, -0.2) is 9.97 Å². The molecule has 1 saturated heterocycles. The number of carbonyl (C=O) groups excluding carboxylic acids is 1. The standard InChI is InChI=1S/C12H15F3N4O/c13-12(14,15)8-18-10(20)9-4-1-2-7-19(9)11-16-5-3-6-17-11/h3,5-6,9H,1-2,4,7-8H2,(H,18,20). The molecule has 0 bridgehead atoms. The van der Waals surface area contributed by atoms with Gasteiger partial charge in [-0.1, -0.05) is 0 Å². The van der Waals surface area contributed by atoms with Crippen molar-refractivity contribution in [2.45, 2.75) is 31.5 Å². The first-order valence-electron chi connectivity index (χ1n) is 6.35. The summed E-state index contributed by atoms with van der Waals surface area (Å²) in [4.78, 5) is 21.7. The fourth-order valence-electron chi connectivity index (χ4n) is 2.19. The lowest BCUT2D eigenvalue weighted by molar-refractivity contribution is -0.139. The molecule has 110 valence electrons.